The molecule has 0 radical (unpaired) electrons. The standard InChI is InChI=1S/C14H19F2NO2/c1-18-11-4-3-10(9-12(11)19-2)13(17)5-7-14(15,16)8-6-13/h3-4,9H,5-8,17H2,1-2H3. The summed E-state index contributed by atoms with van der Waals surface area (Å²) in [6.07, 6.45) is 0.209. The number of methoxy groups -OCH3 is 2. The first kappa shape index (κ1) is 14.1. The molecule has 5 heteroatoms. The molecule has 0 spiro atoms. The van der Waals surface area contributed by atoms with Crippen LogP contribution in [0.25, 0.3) is 0 Å². The second-order valence-corrected chi connectivity index (χ2v) is 5.08. The summed E-state index contributed by atoms with van der Waals surface area (Å²) in [5.74, 6) is -1.41. The van der Waals surface area contributed by atoms with E-state index >= 15 is 0 Å². The first-order valence-corrected chi connectivity index (χ1v) is 6.29. The van der Waals surface area contributed by atoms with Gasteiger partial charge in [0.2, 0.25) is 5.92 Å². The van der Waals surface area contributed by atoms with Crippen LogP contribution in [0.4, 0.5) is 8.78 Å². The van der Waals surface area contributed by atoms with Gasteiger partial charge in [-0.25, -0.2) is 8.78 Å². The predicted octanol–water partition coefficient (Wildman–Crippen LogP) is 3.07. The Morgan fingerprint density at radius 1 is 1.00 bits per heavy atom. The molecule has 1 fully saturated rings. The van der Waals surface area contributed by atoms with Crippen LogP contribution in [0.15, 0.2) is 18.2 Å². The third-order valence-corrected chi connectivity index (χ3v) is 3.83. The van der Waals surface area contributed by atoms with E-state index in [1.165, 1.54) is 0 Å². The molecule has 0 aromatic heterocycles. The Morgan fingerprint density at radius 2 is 1.58 bits per heavy atom. The lowest BCUT2D eigenvalue weighted by atomic mass is 9.76. The zero-order valence-electron chi connectivity index (χ0n) is 11.2. The zero-order chi connectivity index (χ0) is 14.1. The van der Waals surface area contributed by atoms with Crippen LogP contribution in [0.5, 0.6) is 11.5 Å². The summed E-state index contributed by atoms with van der Waals surface area (Å²) in [5.41, 5.74) is 6.40. The van der Waals surface area contributed by atoms with Crippen LogP contribution in [0.3, 0.4) is 0 Å². The SMILES string of the molecule is COc1ccc(C2(N)CCC(F)(F)CC2)cc1OC. The van der Waals surface area contributed by atoms with Crippen molar-refractivity contribution in [3.8, 4) is 11.5 Å². The molecule has 0 saturated heterocycles. The lowest BCUT2D eigenvalue weighted by molar-refractivity contribution is -0.0514. The molecule has 0 aliphatic heterocycles. The van der Waals surface area contributed by atoms with Gasteiger partial charge in [0.25, 0.3) is 0 Å². The molecule has 0 heterocycles. The van der Waals surface area contributed by atoms with Gasteiger partial charge in [0, 0.05) is 18.4 Å². The van der Waals surface area contributed by atoms with Gasteiger partial charge in [-0.3, -0.25) is 0 Å². The second kappa shape index (κ2) is 4.96. The normalized spacial score (nSPS) is 20.9. The van der Waals surface area contributed by atoms with E-state index in [1.807, 2.05) is 6.07 Å². The predicted molar refractivity (Wildman–Crippen MR) is 68.8 cm³/mol. The summed E-state index contributed by atoms with van der Waals surface area (Å²) in [6, 6.07) is 5.36. The van der Waals surface area contributed by atoms with Crippen LogP contribution in [0.1, 0.15) is 31.2 Å². The molecule has 0 amide bonds. The highest BCUT2D eigenvalue weighted by molar-refractivity contribution is 5.45. The maximum absolute atomic E-state index is 13.2. The molecular weight excluding hydrogens is 252 g/mol. The molecule has 2 N–H and O–H groups in total. The molecule has 0 bridgehead atoms. The number of rotatable bonds is 3. The molecule has 0 unspecified atom stereocenters. The fourth-order valence-electron chi connectivity index (χ4n) is 2.50. The van der Waals surface area contributed by atoms with E-state index in [0.29, 0.717) is 11.5 Å². The third kappa shape index (κ3) is 2.81. The smallest absolute Gasteiger partial charge is 0.248 e. The van der Waals surface area contributed by atoms with E-state index in [-0.39, 0.29) is 25.7 Å². The number of halogens is 2. The molecule has 2 rings (SSSR count). The van der Waals surface area contributed by atoms with Crippen LogP contribution in [-0.4, -0.2) is 20.1 Å². The summed E-state index contributed by atoms with van der Waals surface area (Å²) in [6.45, 7) is 0. The van der Waals surface area contributed by atoms with Gasteiger partial charge in [-0.1, -0.05) is 6.07 Å². The van der Waals surface area contributed by atoms with Crippen LogP contribution in [0, 0.1) is 0 Å². The van der Waals surface area contributed by atoms with E-state index in [2.05, 4.69) is 0 Å². The Hall–Kier alpha value is -1.36. The lowest BCUT2D eigenvalue weighted by Crippen LogP contribution is -2.43. The molecule has 106 valence electrons. The molecule has 1 aromatic carbocycles. The van der Waals surface area contributed by atoms with Crippen molar-refractivity contribution in [2.75, 3.05) is 14.2 Å². The maximum atomic E-state index is 13.2. The molecule has 3 nitrogen and oxygen atoms in total. The van der Waals surface area contributed by atoms with Crippen LogP contribution >= 0.6 is 0 Å². The van der Waals surface area contributed by atoms with Crippen molar-refractivity contribution in [2.24, 2.45) is 5.73 Å². The Morgan fingerprint density at radius 3 is 2.11 bits per heavy atom. The topological polar surface area (TPSA) is 44.5 Å². The van der Waals surface area contributed by atoms with E-state index in [4.69, 9.17) is 15.2 Å². The minimum absolute atomic E-state index is 0.169. The number of ether oxygens (including phenoxy) is 2. The van der Waals surface area contributed by atoms with Crippen molar-refractivity contribution in [3.05, 3.63) is 23.8 Å². The highest BCUT2D eigenvalue weighted by atomic mass is 19.3. The molecule has 1 aliphatic rings. The zero-order valence-corrected chi connectivity index (χ0v) is 11.2. The quantitative estimate of drug-likeness (QED) is 0.919. The monoisotopic (exact) mass is 271 g/mol. The highest BCUT2D eigenvalue weighted by Gasteiger charge is 2.42. The largest absolute Gasteiger partial charge is 0.493 e. The first-order valence-electron chi connectivity index (χ1n) is 6.29. The number of benzene rings is 1. The van der Waals surface area contributed by atoms with Crippen molar-refractivity contribution in [1.82, 2.24) is 0 Å². The van der Waals surface area contributed by atoms with E-state index in [0.717, 1.165) is 5.56 Å². The number of hydrogen-bond donors (Lipinski definition) is 1. The minimum atomic E-state index is -2.58. The van der Waals surface area contributed by atoms with Gasteiger partial charge in [-0.05, 0) is 30.5 Å². The number of hydrogen-bond acceptors (Lipinski definition) is 3. The molecule has 1 saturated carbocycles. The fourth-order valence-corrected chi connectivity index (χ4v) is 2.50. The summed E-state index contributed by atoms with van der Waals surface area (Å²) in [5, 5.41) is 0. The second-order valence-electron chi connectivity index (χ2n) is 5.08. The first-order chi connectivity index (χ1) is 8.90. The molecular formula is C14H19F2NO2. The van der Waals surface area contributed by atoms with Gasteiger partial charge >= 0.3 is 0 Å². The van der Waals surface area contributed by atoms with E-state index in [1.54, 1.807) is 26.4 Å². The van der Waals surface area contributed by atoms with Crippen LogP contribution < -0.4 is 15.2 Å². The van der Waals surface area contributed by atoms with Gasteiger partial charge in [0.15, 0.2) is 11.5 Å². The van der Waals surface area contributed by atoms with E-state index in [9.17, 15) is 8.78 Å². The number of alkyl halides is 2. The molecule has 19 heavy (non-hydrogen) atoms. The molecule has 1 aliphatic carbocycles. The maximum Gasteiger partial charge on any atom is 0.248 e. The van der Waals surface area contributed by atoms with E-state index < -0.39 is 11.5 Å². The summed E-state index contributed by atoms with van der Waals surface area (Å²) in [4.78, 5) is 0. The Kier molecular flexibility index (Phi) is 3.67. The summed E-state index contributed by atoms with van der Waals surface area (Å²) >= 11 is 0. The van der Waals surface area contributed by atoms with Crippen LogP contribution in [-0.2, 0) is 5.54 Å². The molecule has 0 atom stereocenters. The van der Waals surface area contributed by atoms with Gasteiger partial charge in [0.05, 0.1) is 14.2 Å². The van der Waals surface area contributed by atoms with Crippen molar-refractivity contribution in [2.45, 2.75) is 37.1 Å². The Labute approximate surface area is 111 Å². The van der Waals surface area contributed by atoms with Gasteiger partial charge < -0.3 is 15.2 Å². The highest BCUT2D eigenvalue weighted by Crippen LogP contribution is 2.43. The Balaban J connectivity index is 2.26. The fraction of sp³-hybridized carbons (Fsp3) is 0.571. The average Bonchev–Trinajstić information content (AvgIpc) is 2.41. The number of nitrogens with two attached hydrogens (primary N) is 1. The summed E-state index contributed by atoms with van der Waals surface area (Å²) in [7, 11) is 3.09. The third-order valence-electron chi connectivity index (χ3n) is 3.83. The van der Waals surface area contributed by atoms with Crippen LogP contribution in [0.2, 0.25) is 0 Å². The van der Waals surface area contributed by atoms with Crippen molar-refractivity contribution in [3.63, 3.8) is 0 Å². The summed E-state index contributed by atoms with van der Waals surface area (Å²) < 4.78 is 36.8. The van der Waals surface area contributed by atoms with Gasteiger partial charge in [0.1, 0.15) is 0 Å². The van der Waals surface area contributed by atoms with Crippen molar-refractivity contribution in [1.29, 1.82) is 0 Å². The minimum Gasteiger partial charge on any atom is -0.493 e. The average molecular weight is 271 g/mol. The Bertz CT molecular complexity index is 453. The van der Waals surface area contributed by atoms with Gasteiger partial charge in [-0.15, -0.1) is 0 Å². The lowest BCUT2D eigenvalue weighted by Gasteiger charge is -2.37. The van der Waals surface area contributed by atoms with Crippen molar-refractivity contribution >= 4 is 0 Å². The molecule has 1 aromatic rings. The van der Waals surface area contributed by atoms with Gasteiger partial charge in [-0.2, -0.15) is 0 Å². The van der Waals surface area contributed by atoms with Crippen molar-refractivity contribution < 1.29 is 18.3 Å².